The first-order valence-electron chi connectivity index (χ1n) is 8.60. The zero-order valence-electron chi connectivity index (χ0n) is 15.5. The molecular weight excluding hydrogens is 278 g/mol. The van der Waals surface area contributed by atoms with Crippen molar-refractivity contribution in [3.05, 3.63) is 69.9 Å². The Kier molecular flexibility index (Phi) is 5.31. The molecule has 3 atom stereocenters. The zero-order valence-corrected chi connectivity index (χ0v) is 15.5. The quantitative estimate of drug-likeness (QED) is 0.671. The van der Waals surface area contributed by atoms with Crippen LogP contribution in [0.3, 0.4) is 0 Å². The molecule has 1 nitrogen and oxygen atoms in total. The van der Waals surface area contributed by atoms with Gasteiger partial charge in [-0.05, 0) is 74.8 Å². The van der Waals surface area contributed by atoms with Crippen LogP contribution in [0.4, 0.5) is 0 Å². The van der Waals surface area contributed by atoms with Gasteiger partial charge in [-0.25, -0.2) is 0 Å². The second kappa shape index (κ2) is 6.88. The van der Waals surface area contributed by atoms with E-state index in [1.807, 2.05) is 0 Å². The molecule has 0 saturated carbocycles. The molecule has 2 aliphatic carbocycles. The predicted octanol–water partition coefficient (Wildman–Crippen LogP) is 5.64. The van der Waals surface area contributed by atoms with E-state index < -0.39 is 0 Å². The van der Waals surface area contributed by atoms with E-state index in [0.29, 0.717) is 11.8 Å². The lowest BCUT2D eigenvalue weighted by Gasteiger charge is -2.30. The van der Waals surface area contributed by atoms with Gasteiger partial charge in [0.15, 0.2) is 0 Å². The smallest absolute Gasteiger partial charge is 0.0264 e. The Bertz CT molecular complexity index is 664. The highest BCUT2D eigenvalue weighted by molar-refractivity contribution is 5.54. The van der Waals surface area contributed by atoms with Gasteiger partial charge in [-0.1, -0.05) is 49.0 Å². The van der Waals surface area contributed by atoms with Gasteiger partial charge in [0.1, 0.15) is 0 Å². The van der Waals surface area contributed by atoms with Gasteiger partial charge < -0.3 is 5.73 Å². The first-order valence-corrected chi connectivity index (χ1v) is 8.60. The maximum absolute atomic E-state index is 6.02. The Hall–Kier alpha value is -1.60. The monoisotopic (exact) mass is 309 g/mol. The molecule has 0 radical (unpaired) electrons. The summed E-state index contributed by atoms with van der Waals surface area (Å²) in [5, 5.41) is 0. The molecule has 124 valence electrons. The van der Waals surface area contributed by atoms with Crippen LogP contribution < -0.4 is 5.73 Å². The average molecular weight is 309 g/mol. The third-order valence-electron chi connectivity index (χ3n) is 5.30. The second-order valence-electron chi connectivity index (χ2n) is 7.28. The van der Waals surface area contributed by atoms with Crippen LogP contribution in [0.25, 0.3) is 0 Å². The van der Waals surface area contributed by atoms with Crippen LogP contribution in [-0.2, 0) is 0 Å². The molecule has 0 bridgehead atoms. The Morgan fingerprint density at radius 3 is 2.39 bits per heavy atom. The van der Waals surface area contributed by atoms with Crippen molar-refractivity contribution in [3.8, 4) is 0 Å². The van der Waals surface area contributed by atoms with Crippen molar-refractivity contribution in [1.82, 2.24) is 0 Å². The Morgan fingerprint density at radius 1 is 1.17 bits per heavy atom. The van der Waals surface area contributed by atoms with Gasteiger partial charge in [-0.3, -0.25) is 0 Å². The number of hydrogen-bond donors (Lipinski definition) is 1. The highest BCUT2D eigenvalue weighted by atomic mass is 14.6. The van der Waals surface area contributed by atoms with Crippen LogP contribution in [0.15, 0.2) is 69.9 Å². The van der Waals surface area contributed by atoms with E-state index in [2.05, 4.69) is 72.4 Å². The molecule has 0 aromatic rings. The average Bonchev–Trinajstić information content (AvgIpc) is 2.44. The van der Waals surface area contributed by atoms with Crippen LogP contribution in [0.5, 0.6) is 0 Å². The molecule has 0 spiro atoms. The SMILES string of the molecule is C=C(/C(C)=C(\C)C1=CCC(N)C=C1C)C1C(C)=CC(C)=CC1C. The summed E-state index contributed by atoms with van der Waals surface area (Å²) in [7, 11) is 0. The van der Waals surface area contributed by atoms with Crippen molar-refractivity contribution < 1.29 is 0 Å². The Balaban J connectivity index is 2.32. The summed E-state index contributed by atoms with van der Waals surface area (Å²) in [6, 6.07) is 0.159. The second-order valence-corrected chi connectivity index (χ2v) is 7.28. The van der Waals surface area contributed by atoms with E-state index in [9.17, 15) is 0 Å². The molecule has 3 unspecified atom stereocenters. The van der Waals surface area contributed by atoms with Crippen molar-refractivity contribution >= 4 is 0 Å². The lowest BCUT2D eigenvalue weighted by atomic mass is 9.74. The minimum absolute atomic E-state index is 0.159. The maximum Gasteiger partial charge on any atom is 0.0264 e. The van der Waals surface area contributed by atoms with E-state index in [1.165, 1.54) is 39.0 Å². The molecule has 0 heterocycles. The highest BCUT2D eigenvalue weighted by Crippen LogP contribution is 2.39. The van der Waals surface area contributed by atoms with Gasteiger partial charge >= 0.3 is 0 Å². The summed E-state index contributed by atoms with van der Waals surface area (Å²) >= 11 is 0. The fraction of sp³-hybridized carbons (Fsp3) is 0.455. The summed E-state index contributed by atoms with van der Waals surface area (Å²) < 4.78 is 0. The molecular formula is C22H31N. The third-order valence-corrected chi connectivity index (χ3v) is 5.30. The molecule has 2 N–H and O–H groups in total. The molecule has 23 heavy (non-hydrogen) atoms. The molecule has 1 heteroatoms. The van der Waals surface area contributed by atoms with Gasteiger partial charge in [-0.15, -0.1) is 0 Å². The van der Waals surface area contributed by atoms with Gasteiger partial charge in [0.25, 0.3) is 0 Å². The van der Waals surface area contributed by atoms with Crippen molar-refractivity contribution in [2.24, 2.45) is 17.6 Å². The van der Waals surface area contributed by atoms with Crippen molar-refractivity contribution in [2.75, 3.05) is 0 Å². The van der Waals surface area contributed by atoms with E-state index in [1.54, 1.807) is 0 Å². The summed E-state index contributed by atoms with van der Waals surface area (Å²) in [5.41, 5.74) is 15.3. The number of nitrogens with two attached hydrogens (primary N) is 1. The topological polar surface area (TPSA) is 26.0 Å². The molecule has 2 aliphatic rings. The van der Waals surface area contributed by atoms with E-state index in [4.69, 9.17) is 5.73 Å². The number of rotatable bonds is 3. The number of hydrogen-bond acceptors (Lipinski definition) is 1. The highest BCUT2D eigenvalue weighted by Gasteiger charge is 2.25. The van der Waals surface area contributed by atoms with E-state index in [0.717, 1.165) is 6.42 Å². The molecule has 0 fully saturated rings. The van der Waals surface area contributed by atoms with Crippen molar-refractivity contribution in [1.29, 1.82) is 0 Å². The fourth-order valence-electron chi connectivity index (χ4n) is 4.03. The standard InChI is InChI=1S/C22H31N/c1-13-10-15(3)22(16(4)11-13)19(7)17(5)18(6)21-9-8-20(23)12-14(21)2/h9-12,15,20,22H,7-8,23H2,1-6H3/b18-17+. The summed E-state index contributed by atoms with van der Waals surface area (Å²) in [5.74, 6) is 0.907. The van der Waals surface area contributed by atoms with Gasteiger partial charge in [-0.2, -0.15) is 0 Å². The van der Waals surface area contributed by atoms with Crippen LogP contribution in [0, 0.1) is 11.8 Å². The molecule has 0 amide bonds. The normalized spacial score (nSPS) is 29.1. The first kappa shape index (κ1) is 17.7. The maximum atomic E-state index is 6.02. The largest absolute Gasteiger partial charge is 0.324 e. The van der Waals surface area contributed by atoms with Crippen LogP contribution in [0.2, 0.25) is 0 Å². The first-order chi connectivity index (χ1) is 10.7. The van der Waals surface area contributed by atoms with Gasteiger partial charge in [0.2, 0.25) is 0 Å². The summed E-state index contributed by atoms with van der Waals surface area (Å²) in [6.07, 6.45) is 10.0. The minimum atomic E-state index is 0.159. The lowest BCUT2D eigenvalue weighted by Crippen LogP contribution is -2.20. The minimum Gasteiger partial charge on any atom is -0.324 e. The van der Waals surface area contributed by atoms with E-state index in [-0.39, 0.29) is 6.04 Å². The van der Waals surface area contributed by atoms with Crippen LogP contribution in [0.1, 0.15) is 48.0 Å². The summed E-state index contributed by atoms with van der Waals surface area (Å²) in [6.45, 7) is 17.8. The van der Waals surface area contributed by atoms with E-state index >= 15 is 0 Å². The molecule has 0 saturated heterocycles. The van der Waals surface area contributed by atoms with Gasteiger partial charge in [0.05, 0.1) is 0 Å². The number of allylic oxidation sites excluding steroid dienone is 9. The molecule has 0 aliphatic heterocycles. The Labute approximate surface area is 142 Å². The van der Waals surface area contributed by atoms with Crippen LogP contribution in [-0.4, -0.2) is 6.04 Å². The van der Waals surface area contributed by atoms with Gasteiger partial charge in [0, 0.05) is 12.0 Å². The predicted molar refractivity (Wildman–Crippen MR) is 102 cm³/mol. The van der Waals surface area contributed by atoms with Crippen molar-refractivity contribution in [3.63, 3.8) is 0 Å². The molecule has 0 aromatic carbocycles. The lowest BCUT2D eigenvalue weighted by molar-refractivity contribution is 0.548. The fourth-order valence-corrected chi connectivity index (χ4v) is 4.03. The molecule has 0 aromatic heterocycles. The van der Waals surface area contributed by atoms with Crippen molar-refractivity contribution in [2.45, 2.75) is 54.0 Å². The third kappa shape index (κ3) is 3.67. The Morgan fingerprint density at radius 2 is 1.83 bits per heavy atom. The summed E-state index contributed by atoms with van der Waals surface area (Å²) in [4.78, 5) is 0. The zero-order chi connectivity index (χ0) is 17.3. The molecule has 2 rings (SSSR count). The van der Waals surface area contributed by atoms with Crippen LogP contribution >= 0.6 is 0 Å².